The van der Waals surface area contributed by atoms with E-state index in [0.29, 0.717) is 18.7 Å². The topological polar surface area (TPSA) is 104 Å². The Kier molecular flexibility index (Phi) is 9.08. The molecule has 0 spiro atoms. The molecule has 140 valence electrons. The van der Waals surface area contributed by atoms with E-state index in [4.69, 9.17) is 15.2 Å². The first kappa shape index (κ1) is 21.1. The lowest BCUT2D eigenvalue weighted by atomic mass is 10.0. The molecule has 0 aliphatic heterocycles. The van der Waals surface area contributed by atoms with Gasteiger partial charge in [-0.25, -0.2) is 0 Å². The molecular formula is C18H29N3O4. The van der Waals surface area contributed by atoms with Crippen molar-refractivity contribution in [3.05, 3.63) is 24.5 Å². The molecule has 1 aromatic heterocycles. The van der Waals surface area contributed by atoms with Crippen LogP contribution in [0.1, 0.15) is 39.5 Å². The summed E-state index contributed by atoms with van der Waals surface area (Å²) in [6, 6.07) is 2.84. The van der Waals surface area contributed by atoms with E-state index in [9.17, 15) is 9.59 Å². The first-order valence-corrected chi connectivity index (χ1v) is 8.52. The number of ether oxygens (including phenoxy) is 2. The molecule has 1 rings (SSSR count). The van der Waals surface area contributed by atoms with Gasteiger partial charge in [-0.15, -0.1) is 0 Å². The number of hydrogen-bond acceptors (Lipinski definition) is 6. The van der Waals surface area contributed by atoms with Crippen LogP contribution in [-0.4, -0.2) is 48.6 Å². The normalized spacial score (nSPS) is 12.5. The van der Waals surface area contributed by atoms with Crippen LogP contribution in [0.4, 0.5) is 0 Å². The van der Waals surface area contributed by atoms with Gasteiger partial charge in [0.05, 0.1) is 12.2 Å². The number of Topliss-reactive ketones (excluding diaryl/α,β-unsaturated/α-hetero) is 1. The number of aromatic nitrogens is 1. The number of nitrogens with zero attached hydrogens (tertiary/aromatic N) is 1. The van der Waals surface area contributed by atoms with E-state index in [2.05, 4.69) is 10.3 Å². The molecule has 0 aliphatic carbocycles. The number of nitrogens with two attached hydrogens (primary N) is 1. The predicted octanol–water partition coefficient (Wildman–Crippen LogP) is 1.46. The molecule has 0 saturated heterocycles. The molecule has 1 atom stereocenters. The van der Waals surface area contributed by atoms with Crippen molar-refractivity contribution >= 4 is 11.7 Å². The second-order valence-corrected chi connectivity index (χ2v) is 6.32. The summed E-state index contributed by atoms with van der Waals surface area (Å²) < 4.78 is 10.6. The quantitative estimate of drug-likeness (QED) is 0.553. The first-order valence-electron chi connectivity index (χ1n) is 8.52. The molecule has 1 heterocycles. The summed E-state index contributed by atoms with van der Waals surface area (Å²) in [7, 11) is 1.46. The van der Waals surface area contributed by atoms with Crippen molar-refractivity contribution < 1.29 is 19.1 Å². The smallest absolute Gasteiger partial charge is 0.252 e. The van der Waals surface area contributed by atoms with Crippen LogP contribution in [0.15, 0.2) is 24.5 Å². The Morgan fingerprint density at radius 2 is 2.08 bits per heavy atom. The summed E-state index contributed by atoms with van der Waals surface area (Å²) in [5, 5.41) is 2.78. The lowest BCUT2D eigenvalue weighted by molar-refractivity contribution is -0.142. The molecule has 0 saturated carbocycles. The average molecular weight is 351 g/mol. The van der Waals surface area contributed by atoms with E-state index in [-0.39, 0.29) is 18.3 Å². The second kappa shape index (κ2) is 10.8. The van der Waals surface area contributed by atoms with Gasteiger partial charge < -0.3 is 20.5 Å². The van der Waals surface area contributed by atoms with Crippen molar-refractivity contribution in [3.63, 3.8) is 0 Å². The molecule has 3 N–H and O–H groups in total. The fraction of sp³-hybridized carbons (Fsp3) is 0.611. The summed E-state index contributed by atoms with van der Waals surface area (Å²) in [6.07, 6.45) is 6.31. The van der Waals surface area contributed by atoms with Crippen molar-refractivity contribution in [1.82, 2.24) is 10.3 Å². The average Bonchev–Trinajstić information content (AvgIpc) is 2.62. The van der Waals surface area contributed by atoms with Crippen molar-refractivity contribution in [1.29, 1.82) is 0 Å². The monoisotopic (exact) mass is 351 g/mol. The minimum absolute atomic E-state index is 0.124. The molecule has 0 aromatic carbocycles. The number of unbranched alkanes of at least 4 members (excludes halogenated alkanes) is 2. The summed E-state index contributed by atoms with van der Waals surface area (Å²) in [5.41, 5.74) is 4.49. The number of rotatable bonds is 12. The highest BCUT2D eigenvalue weighted by atomic mass is 16.5. The van der Waals surface area contributed by atoms with Crippen molar-refractivity contribution in [3.8, 4) is 5.75 Å². The Hall–Kier alpha value is -1.99. The van der Waals surface area contributed by atoms with Crippen molar-refractivity contribution in [2.75, 3.05) is 20.3 Å². The molecule has 7 heteroatoms. The van der Waals surface area contributed by atoms with Gasteiger partial charge in [0.15, 0.2) is 5.78 Å². The fourth-order valence-electron chi connectivity index (χ4n) is 2.10. The zero-order valence-corrected chi connectivity index (χ0v) is 15.3. The highest BCUT2D eigenvalue weighted by Gasteiger charge is 2.31. The highest BCUT2D eigenvalue weighted by molar-refractivity contribution is 5.92. The lowest BCUT2D eigenvalue weighted by Crippen LogP contribution is -2.51. The summed E-state index contributed by atoms with van der Waals surface area (Å²) in [5.74, 6) is 0.00619. The largest absolute Gasteiger partial charge is 0.484 e. The standard InChI is InChI=1S/C18H29N3O4/c1-18(2,24-3)17(23)21-15(9-5-4-6-10-19)16(22)13-25-14-8-7-11-20-12-14/h7-8,11-12,15H,4-6,9-10,13,19H2,1-3H3,(H,21,23)/t15-/m0/s1. The molecule has 0 bridgehead atoms. The first-order chi connectivity index (χ1) is 11.9. The van der Waals surface area contributed by atoms with Crippen molar-refractivity contribution in [2.45, 2.75) is 51.2 Å². The SMILES string of the molecule is COC(C)(C)C(=O)N[C@@H](CCCCCN)C(=O)COc1cccnc1. The predicted molar refractivity (Wildman–Crippen MR) is 95.3 cm³/mol. The molecule has 25 heavy (non-hydrogen) atoms. The number of pyridine rings is 1. The number of carbonyl (C=O) groups is 2. The third-order valence-electron chi connectivity index (χ3n) is 3.96. The summed E-state index contributed by atoms with van der Waals surface area (Å²) in [4.78, 5) is 28.8. The van der Waals surface area contributed by atoms with Gasteiger partial charge in [0.1, 0.15) is 18.0 Å². The zero-order chi connectivity index (χ0) is 18.7. The number of amides is 1. The molecule has 1 amide bonds. The van der Waals surface area contributed by atoms with Crippen LogP contribution < -0.4 is 15.8 Å². The highest BCUT2D eigenvalue weighted by Crippen LogP contribution is 2.12. The van der Waals surface area contributed by atoms with Gasteiger partial charge in [0.2, 0.25) is 0 Å². The molecule has 7 nitrogen and oxygen atoms in total. The number of hydrogen-bond donors (Lipinski definition) is 2. The van der Waals surface area contributed by atoms with Crippen LogP contribution in [0, 0.1) is 0 Å². The molecule has 0 unspecified atom stereocenters. The van der Waals surface area contributed by atoms with E-state index in [1.807, 2.05) is 0 Å². The van der Waals surface area contributed by atoms with Crippen LogP contribution >= 0.6 is 0 Å². The Balaban J connectivity index is 2.64. The Bertz CT molecular complexity index is 534. The minimum Gasteiger partial charge on any atom is -0.484 e. The third kappa shape index (κ3) is 7.62. The minimum atomic E-state index is -1.00. The maximum Gasteiger partial charge on any atom is 0.252 e. The Labute approximate surface area is 149 Å². The van der Waals surface area contributed by atoms with E-state index in [0.717, 1.165) is 19.3 Å². The van der Waals surface area contributed by atoms with Crippen LogP contribution in [-0.2, 0) is 14.3 Å². The van der Waals surface area contributed by atoms with Gasteiger partial charge in [-0.3, -0.25) is 14.6 Å². The van der Waals surface area contributed by atoms with Gasteiger partial charge >= 0.3 is 0 Å². The Morgan fingerprint density at radius 3 is 2.68 bits per heavy atom. The lowest BCUT2D eigenvalue weighted by Gasteiger charge is -2.25. The number of methoxy groups -OCH3 is 1. The van der Waals surface area contributed by atoms with E-state index in [1.165, 1.54) is 13.3 Å². The molecular weight excluding hydrogens is 322 g/mol. The number of nitrogens with one attached hydrogen (secondary N) is 1. The van der Waals surface area contributed by atoms with E-state index >= 15 is 0 Å². The van der Waals surface area contributed by atoms with Crippen LogP contribution in [0.5, 0.6) is 5.75 Å². The van der Waals surface area contributed by atoms with E-state index in [1.54, 1.807) is 32.2 Å². The van der Waals surface area contributed by atoms with Crippen molar-refractivity contribution in [2.24, 2.45) is 5.73 Å². The van der Waals surface area contributed by atoms with E-state index < -0.39 is 11.6 Å². The second-order valence-electron chi connectivity index (χ2n) is 6.32. The Morgan fingerprint density at radius 1 is 1.32 bits per heavy atom. The third-order valence-corrected chi connectivity index (χ3v) is 3.96. The number of ketones is 1. The molecule has 1 aromatic rings. The number of carbonyl (C=O) groups excluding carboxylic acids is 2. The summed E-state index contributed by atoms with van der Waals surface area (Å²) >= 11 is 0. The van der Waals surface area contributed by atoms with Gasteiger partial charge in [-0.1, -0.05) is 12.8 Å². The maximum atomic E-state index is 12.5. The van der Waals surface area contributed by atoms with Gasteiger partial charge in [0, 0.05) is 13.3 Å². The van der Waals surface area contributed by atoms with Gasteiger partial charge in [0.25, 0.3) is 5.91 Å². The maximum absolute atomic E-state index is 12.5. The summed E-state index contributed by atoms with van der Waals surface area (Å²) in [6.45, 7) is 3.81. The van der Waals surface area contributed by atoms with Gasteiger partial charge in [-0.2, -0.15) is 0 Å². The van der Waals surface area contributed by atoms with Crippen LogP contribution in [0.25, 0.3) is 0 Å². The van der Waals surface area contributed by atoms with Gasteiger partial charge in [-0.05, 0) is 45.4 Å². The van der Waals surface area contributed by atoms with Crippen LogP contribution in [0.2, 0.25) is 0 Å². The molecule has 0 radical (unpaired) electrons. The molecule has 0 aliphatic rings. The fourth-order valence-corrected chi connectivity index (χ4v) is 2.10. The molecule has 0 fully saturated rings. The zero-order valence-electron chi connectivity index (χ0n) is 15.3. The van der Waals surface area contributed by atoms with Crippen LogP contribution in [0.3, 0.4) is 0 Å².